The van der Waals surface area contributed by atoms with Crippen LogP contribution in [0.15, 0.2) is 54.6 Å². The SMILES string of the molecule is C[C@H](c1ccccc1)N1C(=O)c2ccccc2[C@]12C[C@H](CBr)OC2=O. The van der Waals surface area contributed by atoms with Crippen molar-refractivity contribution in [1.82, 2.24) is 4.90 Å². The Morgan fingerprint density at radius 1 is 1.16 bits per heavy atom. The van der Waals surface area contributed by atoms with E-state index in [4.69, 9.17) is 4.74 Å². The van der Waals surface area contributed by atoms with Gasteiger partial charge >= 0.3 is 5.97 Å². The zero-order valence-corrected chi connectivity index (χ0v) is 15.4. The van der Waals surface area contributed by atoms with Crippen molar-refractivity contribution in [2.45, 2.75) is 31.0 Å². The second-order valence-electron chi connectivity index (χ2n) is 6.55. The molecule has 5 heteroatoms. The van der Waals surface area contributed by atoms with Crippen LogP contribution in [-0.4, -0.2) is 28.2 Å². The third kappa shape index (κ3) is 2.25. The van der Waals surface area contributed by atoms with E-state index in [0.29, 0.717) is 17.3 Å². The van der Waals surface area contributed by atoms with Gasteiger partial charge in [0.25, 0.3) is 5.91 Å². The molecule has 0 aliphatic carbocycles. The average Bonchev–Trinajstić information content (AvgIpc) is 3.11. The van der Waals surface area contributed by atoms with Gasteiger partial charge in [-0.1, -0.05) is 64.5 Å². The largest absolute Gasteiger partial charge is 0.459 e. The van der Waals surface area contributed by atoms with Crippen molar-refractivity contribution in [2.24, 2.45) is 0 Å². The van der Waals surface area contributed by atoms with E-state index in [0.717, 1.165) is 11.1 Å². The van der Waals surface area contributed by atoms with Gasteiger partial charge in [-0.2, -0.15) is 0 Å². The monoisotopic (exact) mass is 399 g/mol. The van der Waals surface area contributed by atoms with Gasteiger partial charge in [-0.05, 0) is 18.6 Å². The van der Waals surface area contributed by atoms with Gasteiger partial charge in [-0.3, -0.25) is 4.79 Å². The lowest BCUT2D eigenvalue weighted by Crippen LogP contribution is -2.48. The lowest BCUT2D eigenvalue weighted by Gasteiger charge is -2.37. The maximum absolute atomic E-state index is 13.2. The van der Waals surface area contributed by atoms with Gasteiger partial charge in [-0.15, -0.1) is 0 Å². The predicted octanol–water partition coefficient (Wildman–Crippen LogP) is 3.81. The Kier molecular flexibility index (Phi) is 3.91. The Morgan fingerprint density at radius 3 is 2.52 bits per heavy atom. The predicted molar refractivity (Wildman–Crippen MR) is 97.4 cm³/mol. The number of fused-ring (bicyclic) bond motifs is 2. The minimum atomic E-state index is -1.04. The summed E-state index contributed by atoms with van der Waals surface area (Å²) < 4.78 is 5.59. The molecule has 1 spiro atoms. The van der Waals surface area contributed by atoms with Crippen molar-refractivity contribution in [2.75, 3.05) is 5.33 Å². The summed E-state index contributed by atoms with van der Waals surface area (Å²) >= 11 is 3.41. The van der Waals surface area contributed by atoms with E-state index in [1.54, 1.807) is 11.0 Å². The van der Waals surface area contributed by atoms with Gasteiger partial charge in [0.1, 0.15) is 6.10 Å². The first-order valence-electron chi connectivity index (χ1n) is 8.34. The molecule has 4 nitrogen and oxygen atoms in total. The molecule has 1 saturated heterocycles. The highest BCUT2D eigenvalue weighted by molar-refractivity contribution is 9.09. The molecular formula is C20H18BrNO3. The van der Waals surface area contributed by atoms with E-state index >= 15 is 0 Å². The first-order valence-corrected chi connectivity index (χ1v) is 9.47. The molecule has 128 valence electrons. The molecule has 0 saturated carbocycles. The number of cyclic esters (lactones) is 1. The number of amides is 1. The molecule has 0 bridgehead atoms. The molecule has 0 aromatic heterocycles. The molecule has 3 atom stereocenters. The van der Waals surface area contributed by atoms with Crippen molar-refractivity contribution in [3.63, 3.8) is 0 Å². The number of carbonyl (C=O) groups is 2. The van der Waals surface area contributed by atoms with Crippen molar-refractivity contribution in [3.05, 3.63) is 71.3 Å². The molecule has 0 unspecified atom stereocenters. The van der Waals surface area contributed by atoms with Crippen molar-refractivity contribution in [3.8, 4) is 0 Å². The topological polar surface area (TPSA) is 46.6 Å². The summed E-state index contributed by atoms with van der Waals surface area (Å²) in [6.45, 7) is 1.97. The maximum Gasteiger partial charge on any atom is 0.337 e. The summed E-state index contributed by atoms with van der Waals surface area (Å²) in [5, 5.41) is 0.560. The van der Waals surface area contributed by atoms with E-state index < -0.39 is 5.54 Å². The van der Waals surface area contributed by atoms with Crippen LogP contribution in [0, 0.1) is 0 Å². The van der Waals surface area contributed by atoms with Crippen molar-refractivity contribution < 1.29 is 14.3 Å². The van der Waals surface area contributed by atoms with Crippen LogP contribution in [0.2, 0.25) is 0 Å². The molecule has 2 aliphatic heterocycles. The highest BCUT2D eigenvalue weighted by Gasteiger charge is 2.62. The number of benzene rings is 2. The number of nitrogens with zero attached hydrogens (tertiary/aromatic N) is 1. The average molecular weight is 400 g/mol. The number of esters is 1. The first kappa shape index (κ1) is 16.3. The van der Waals surface area contributed by atoms with Crippen molar-refractivity contribution >= 4 is 27.8 Å². The molecule has 1 fully saturated rings. The van der Waals surface area contributed by atoms with E-state index in [1.165, 1.54) is 0 Å². The number of hydrogen-bond acceptors (Lipinski definition) is 3. The molecule has 2 aliphatic rings. The molecule has 0 radical (unpaired) electrons. The smallest absolute Gasteiger partial charge is 0.337 e. The van der Waals surface area contributed by atoms with Crippen LogP contribution in [0.1, 0.15) is 40.9 Å². The van der Waals surface area contributed by atoms with E-state index in [9.17, 15) is 9.59 Å². The second-order valence-corrected chi connectivity index (χ2v) is 7.20. The summed E-state index contributed by atoms with van der Waals surface area (Å²) in [6, 6.07) is 17.0. The lowest BCUT2D eigenvalue weighted by atomic mass is 9.85. The second kappa shape index (κ2) is 5.99. The van der Waals surface area contributed by atoms with Crippen LogP contribution in [0.25, 0.3) is 0 Å². The summed E-state index contributed by atoms with van der Waals surface area (Å²) in [5.41, 5.74) is 1.31. The zero-order chi connectivity index (χ0) is 17.6. The van der Waals surface area contributed by atoms with Crippen LogP contribution >= 0.6 is 15.9 Å². The Hall–Kier alpha value is -2.14. The van der Waals surface area contributed by atoms with E-state index in [2.05, 4.69) is 15.9 Å². The zero-order valence-electron chi connectivity index (χ0n) is 13.8. The molecule has 1 amide bonds. The molecule has 2 aromatic rings. The first-order chi connectivity index (χ1) is 12.1. The molecule has 0 N–H and O–H groups in total. The Bertz CT molecular complexity index is 838. The van der Waals surface area contributed by atoms with Gasteiger partial charge in [0.15, 0.2) is 5.54 Å². The summed E-state index contributed by atoms with van der Waals surface area (Å²) in [7, 11) is 0. The molecule has 4 rings (SSSR count). The van der Waals surface area contributed by atoms with Gasteiger partial charge < -0.3 is 9.64 Å². The number of carbonyl (C=O) groups excluding carboxylic acids is 2. The highest BCUT2D eigenvalue weighted by Crippen LogP contribution is 2.51. The summed E-state index contributed by atoms with van der Waals surface area (Å²) in [5.74, 6) is -0.447. The molecule has 2 aromatic carbocycles. The van der Waals surface area contributed by atoms with Crippen LogP contribution < -0.4 is 0 Å². The van der Waals surface area contributed by atoms with Crippen LogP contribution in [0.5, 0.6) is 0 Å². The number of alkyl halides is 1. The van der Waals surface area contributed by atoms with Gasteiger partial charge in [0, 0.05) is 22.9 Å². The minimum Gasteiger partial charge on any atom is -0.459 e. The Morgan fingerprint density at radius 2 is 1.84 bits per heavy atom. The summed E-state index contributed by atoms with van der Waals surface area (Å²) in [4.78, 5) is 27.9. The van der Waals surface area contributed by atoms with E-state index in [1.807, 2.05) is 55.5 Å². The quantitative estimate of drug-likeness (QED) is 0.582. The molecular weight excluding hydrogens is 382 g/mol. The van der Waals surface area contributed by atoms with Crippen LogP contribution in [-0.2, 0) is 15.1 Å². The summed E-state index contributed by atoms with van der Waals surface area (Å²) in [6.07, 6.45) is 0.230. The van der Waals surface area contributed by atoms with Gasteiger partial charge in [0.05, 0.1) is 6.04 Å². The normalized spacial score (nSPS) is 26.0. The fraction of sp³-hybridized carbons (Fsp3) is 0.300. The fourth-order valence-corrected chi connectivity index (χ4v) is 4.42. The number of rotatable bonds is 3. The number of ether oxygens (including phenoxy) is 1. The standard InChI is InChI=1S/C20H18BrNO3/c1-13(14-7-3-2-4-8-14)22-18(23)16-9-5-6-10-17(16)20(22)11-15(12-21)25-19(20)24/h2-10,13,15H,11-12H2,1H3/t13-,15-,20+/m1/s1. The third-order valence-electron chi connectivity index (χ3n) is 5.21. The van der Waals surface area contributed by atoms with Crippen LogP contribution in [0.3, 0.4) is 0 Å². The third-order valence-corrected chi connectivity index (χ3v) is 5.93. The highest BCUT2D eigenvalue weighted by atomic mass is 79.9. The van der Waals surface area contributed by atoms with Crippen molar-refractivity contribution in [1.29, 1.82) is 0 Å². The molecule has 2 heterocycles. The van der Waals surface area contributed by atoms with Gasteiger partial charge in [-0.25, -0.2) is 4.79 Å². The fourth-order valence-electron chi connectivity index (χ4n) is 4.06. The molecule has 25 heavy (non-hydrogen) atoms. The Balaban J connectivity index is 1.88. The maximum atomic E-state index is 13.2. The van der Waals surface area contributed by atoms with E-state index in [-0.39, 0.29) is 24.0 Å². The number of hydrogen-bond donors (Lipinski definition) is 0. The number of halogens is 1. The Labute approximate surface area is 154 Å². The lowest BCUT2D eigenvalue weighted by molar-refractivity contribution is -0.149. The van der Waals surface area contributed by atoms with Gasteiger partial charge in [0.2, 0.25) is 0 Å². The minimum absolute atomic E-state index is 0.112. The van der Waals surface area contributed by atoms with Crippen LogP contribution in [0.4, 0.5) is 0 Å².